The molecule has 158 valence electrons. The van der Waals surface area contributed by atoms with E-state index in [0.29, 0.717) is 33.8 Å². The summed E-state index contributed by atoms with van der Waals surface area (Å²) in [5, 5.41) is 0.386. The van der Waals surface area contributed by atoms with E-state index < -0.39 is 0 Å². The van der Waals surface area contributed by atoms with Crippen LogP contribution in [0.5, 0.6) is 5.88 Å². The van der Waals surface area contributed by atoms with E-state index in [2.05, 4.69) is 11.6 Å². The lowest BCUT2D eigenvalue weighted by molar-refractivity contribution is 0.202. The lowest BCUT2D eigenvalue weighted by Gasteiger charge is -2.17. The van der Waals surface area contributed by atoms with Crippen LogP contribution in [-0.4, -0.2) is 21.1 Å². The number of aromatic nitrogens is 3. The van der Waals surface area contributed by atoms with Crippen LogP contribution in [0.2, 0.25) is 0 Å². The molecule has 4 rings (SSSR count). The molecule has 0 bridgehead atoms. The topological polar surface area (TPSA) is 73.9 Å². The third kappa shape index (κ3) is 4.78. The van der Waals surface area contributed by atoms with Gasteiger partial charge >= 0.3 is 0 Å². The second-order valence-corrected chi connectivity index (χ2v) is 8.13. The van der Waals surface area contributed by atoms with Crippen LogP contribution in [0.1, 0.15) is 49.6 Å². The van der Waals surface area contributed by atoms with Crippen molar-refractivity contribution in [1.82, 2.24) is 15.0 Å². The molecule has 0 spiro atoms. The first kappa shape index (κ1) is 21.1. The van der Waals surface area contributed by atoms with Crippen LogP contribution in [0.25, 0.3) is 27.9 Å². The van der Waals surface area contributed by atoms with Crippen LogP contribution >= 0.6 is 11.6 Å². The summed E-state index contributed by atoms with van der Waals surface area (Å²) >= 11 is 6.16. The van der Waals surface area contributed by atoms with E-state index in [1.165, 1.54) is 0 Å². The molecule has 1 fully saturated rings. The Bertz CT molecular complexity index is 1120. The van der Waals surface area contributed by atoms with Crippen LogP contribution in [0.4, 0.5) is 5.82 Å². The van der Waals surface area contributed by atoms with Crippen molar-refractivity contribution in [2.75, 3.05) is 5.73 Å². The third-order valence-electron chi connectivity index (χ3n) is 5.36. The van der Waals surface area contributed by atoms with Crippen molar-refractivity contribution in [2.24, 2.45) is 0 Å². The van der Waals surface area contributed by atoms with Gasteiger partial charge in [-0.3, -0.25) is 4.98 Å². The van der Waals surface area contributed by atoms with Gasteiger partial charge in [-0.15, -0.1) is 0 Å². The second kappa shape index (κ2) is 9.31. The van der Waals surface area contributed by atoms with Gasteiger partial charge in [0.2, 0.25) is 0 Å². The van der Waals surface area contributed by atoms with Gasteiger partial charge in [-0.1, -0.05) is 54.6 Å². The van der Waals surface area contributed by atoms with Gasteiger partial charge in [0, 0.05) is 17.3 Å². The van der Waals surface area contributed by atoms with Gasteiger partial charge in [0.05, 0.1) is 22.1 Å². The Kier molecular flexibility index (Phi) is 6.33. The number of benzene rings is 1. The fraction of sp³-hybridized carbons (Fsp3) is 0.240. The average Bonchev–Trinajstić information content (AvgIpc) is 3.29. The molecule has 31 heavy (non-hydrogen) atoms. The molecule has 0 unspecified atom stereocenters. The number of anilines is 1. The van der Waals surface area contributed by atoms with Crippen molar-refractivity contribution in [3.63, 3.8) is 0 Å². The van der Waals surface area contributed by atoms with E-state index >= 15 is 0 Å². The summed E-state index contributed by atoms with van der Waals surface area (Å²) in [5.74, 6) is 0.695. The SMILES string of the molecule is C=C(Cl)c1ncccc1/C=C(\C)c1nc(OC2CCCC2)c(N)nc1-c1ccccc1. The van der Waals surface area contributed by atoms with E-state index in [1.54, 1.807) is 6.20 Å². The summed E-state index contributed by atoms with van der Waals surface area (Å²) in [7, 11) is 0. The first-order valence-corrected chi connectivity index (χ1v) is 10.8. The van der Waals surface area contributed by atoms with Gasteiger partial charge in [0.1, 0.15) is 6.10 Å². The molecule has 5 nitrogen and oxygen atoms in total. The molecule has 3 aromatic rings. The van der Waals surface area contributed by atoms with E-state index in [9.17, 15) is 0 Å². The smallest absolute Gasteiger partial charge is 0.258 e. The number of hydrogen-bond acceptors (Lipinski definition) is 5. The van der Waals surface area contributed by atoms with E-state index in [-0.39, 0.29) is 6.10 Å². The molecule has 1 aliphatic carbocycles. The van der Waals surface area contributed by atoms with Crippen molar-refractivity contribution in [3.8, 4) is 17.1 Å². The zero-order valence-electron chi connectivity index (χ0n) is 17.5. The van der Waals surface area contributed by atoms with Crippen LogP contribution in [0.15, 0.2) is 55.2 Å². The number of nitrogens with two attached hydrogens (primary N) is 1. The summed E-state index contributed by atoms with van der Waals surface area (Å²) in [5.41, 5.74) is 11.0. The Balaban J connectivity index is 1.82. The molecule has 1 saturated carbocycles. The van der Waals surface area contributed by atoms with Crippen LogP contribution < -0.4 is 10.5 Å². The number of nitrogens with zero attached hydrogens (tertiary/aromatic N) is 3. The first-order chi connectivity index (χ1) is 15.0. The fourth-order valence-electron chi connectivity index (χ4n) is 3.82. The Hall–Kier alpha value is -3.18. The molecule has 0 amide bonds. The molecular formula is C25H25ClN4O. The first-order valence-electron chi connectivity index (χ1n) is 10.4. The number of nitrogen functional groups attached to an aromatic ring is 1. The maximum atomic E-state index is 6.27. The highest BCUT2D eigenvalue weighted by molar-refractivity contribution is 6.48. The van der Waals surface area contributed by atoms with Crippen LogP contribution in [-0.2, 0) is 0 Å². The fourth-order valence-corrected chi connectivity index (χ4v) is 3.98. The molecule has 6 heteroatoms. The van der Waals surface area contributed by atoms with Crippen molar-refractivity contribution in [3.05, 3.63) is 72.2 Å². The zero-order valence-corrected chi connectivity index (χ0v) is 18.3. The summed E-state index contributed by atoms with van der Waals surface area (Å²) in [6, 6.07) is 13.7. The van der Waals surface area contributed by atoms with E-state index in [1.807, 2.05) is 55.5 Å². The summed E-state index contributed by atoms with van der Waals surface area (Å²) in [6.07, 6.45) is 8.19. The van der Waals surface area contributed by atoms with Gasteiger partial charge in [-0.2, -0.15) is 0 Å². The predicted molar refractivity (Wildman–Crippen MR) is 127 cm³/mol. The Morgan fingerprint density at radius 3 is 2.55 bits per heavy atom. The van der Waals surface area contributed by atoms with Gasteiger partial charge in [0.25, 0.3) is 5.88 Å². The Labute approximate surface area is 187 Å². The van der Waals surface area contributed by atoms with Crippen molar-refractivity contribution >= 4 is 34.1 Å². The van der Waals surface area contributed by atoms with Crippen LogP contribution in [0, 0.1) is 0 Å². The second-order valence-electron chi connectivity index (χ2n) is 7.68. The third-order valence-corrected chi connectivity index (χ3v) is 5.54. The molecule has 2 heterocycles. The molecular weight excluding hydrogens is 408 g/mol. The molecule has 2 N–H and O–H groups in total. The normalized spacial score (nSPS) is 14.6. The minimum atomic E-state index is 0.140. The largest absolute Gasteiger partial charge is 0.472 e. The lowest BCUT2D eigenvalue weighted by atomic mass is 10.0. The molecule has 0 saturated heterocycles. The number of rotatable bonds is 6. The highest BCUT2D eigenvalue weighted by atomic mass is 35.5. The molecule has 2 aromatic heterocycles. The number of ether oxygens (including phenoxy) is 1. The van der Waals surface area contributed by atoms with Crippen molar-refractivity contribution in [2.45, 2.75) is 38.7 Å². The number of hydrogen-bond donors (Lipinski definition) is 1. The predicted octanol–water partition coefficient (Wildman–Crippen LogP) is 6.21. The molecule has 1 aliphatic rings. The highest BCUT2D eigenvalue weighted by Gasteiger charge is 2.22. The van der Waals surface area contributed by atoms with Crippen LogP contribution in [0.3, 0.4) is 0 Å². The van der Waals surface area contributed by atoms with Gasteiger partial charge in [-0.25, -0.2) is 9.97 Å². The minimum absolute atomic E-state index is 0.140. The Morgan fingerprint density at radius 2 is 1.84 bits per heavy atom. The summed E-state index contributed by atoms with van der Waals surface area (Å²) < 4.78 is 6.13. The monoisotopic (exact) mass is 432 g/mol. The molecule has 1 aromatic carbocycles. The van der Waals surface area contributed by atoms with Crippen molar-refractivity contribution in [1.29, 1.82) is 0 Å². The quantitative estimate of drug-likeness (QED) is 0.501. The van der Waals surface area contributed by atoms with Gasteiger partial charge in [-0.05, 0) is 50.3 Å². The minimum Gasteiger partial charge on any atom is -0.472 e. The van der Waals surface area contributed by atoms with Gasteiger partial charge < -0.3 is 10.5 Å². The number of halogens is 1. The molecule has 0 aliphatic heterocycles. The maximum Gasteiger partial charge on any atom is 0.258 e. The van der Waals surface area contributed by atoms with E-state index in [4.69, 9.17) is 32.0 Å². The lowest BCUT2D eigenvalue weighted by Crippen LogP contribution is -2.15. The zero-order chi connectivity index (χ0) is 21.8. The summed E-state index contributed by atoms with van der Waals surface area (Å²) in [4.78, 5) is 13.9. The number of allylic oxidation sites excluding steroid dienone is 1. The van der Waals surface area contributed by atoms with Crippen molar-refractivity contribution < 1.29 is 4.74 Å². The summed E-state index contributed by atoms with van der Waals surface area (Å²) in [6.45, 7) is 5.81. The van der Waals surface area contributed by atoms with E-state index in [0.717, 1.165) is 42.4 Å². The number of pyridine rings is 1. The molecule has 0 radical (unpaired) electrons. The average molecular weight is 433 g/mol. The van der Waals surface area contributed by atoms with Gasteiger partial charge in [0.15, 0.2) is 5.82 Å². The maximum absolute atomic E-state index is 6.27. The molecule has 0 atom stereocenters. The highest BCUT2D eigenvalue weighted by Crippen LogP contribution is 2.34. The Morgan fingerprint density at radius 1 is 1.10 bits per heavy atom. The standard InChI is InChI=1S/C25H25ClN4O/c1-16(15-19-11-8-14-28-22(19)17(2)26)21-23(18-9-4-3-5-10-18)29-24(27)25(30-21)31-20-12-6-7-13-20/h3-5,8-11,14-15,20H,2,6-7,12-13H2,1H3,(H2,27,29)/b16-15+.